The van der Waals surface area contributed by atoms with Crippen LogP contribution >= 0.6 is 0 Å². The highest BCUT2D eigenvalue weighted by atomic mass is 32.2. The highest BCUT2D eigenvalue weighted by Crippen LogP contribution is 2.31. The molecule has 6 nitrogen and oxygen atoms in total. The second-order valence-electron chi connectivity index (χ2n) is 7.17. The summed E-state index contributed by atoms with van der Waals surface area (Å²) in [6.45, 7) is 6.09. The number of aryl methyl sites for hydroxylation is 3. The molecule has 0 saturated heterocycles. The molecule has 0 aliphatic carbocycles. The maximum atomic E-state index is 12.7. The largest absolute Gasteiger partial charge is 0.493 e. The molecule has 0 saturated carbocycles. The van der Waals surface area contributed by atoms with Gasteiger partial charge in [-0.3, -0.25) is 4.79 Å². The predicted octanol–water partition coefficient (Wildman–Crippen LogP) is 2.92. The molecule has 0 unspecified atom stereocenters. The maximum Gasteiger partial charge on any atom is 0.241 e. The third-order valence-electron chi connectivity index (χ3n) is 4.81. The first-order valence-corrected chi connectivity index (χ1v) is 10.8. The van der Waals surface area contributed by atoms with Gasteiger partial charge in [0.25, 0.3) is 0 Å². The van der Waals surface area contributed by atoms with Gasteiger partial charge in [-0.25, -0.2) is 13.1 Å². The SMILES string of the molecule is Cc1cc(C)c(S(=O)(=O)NCCC(=O)N[C@@H]2CCOc3ccccc32)c(C)c1. The van der Waals surface area contributed by atoms with Crippen molar-refractivity contribution in [1.29, 1.82) is 0 Å². The standard InChI is InChI=1S/C21H26N2O4S/c1-14-12-15(2)21(16(3)13-14)28(25,26)22-10-8-20(24)23-18-9-11-27-19-7-5-4-6-17(18)19/h4-7,12-13,18,22H,8-11H2,1-3H3,(H,23,24)/t18-/m1/s1. The first-order chi connectivity index (χ1) is 13.3. The molecule has 1 amide bonds. The molecule has 0 radical (unpaired) electrons. The van der Waals surface area contributed by atoms with E-state index in [1.54, 1.807) is 13.8 Å². The first-order valence-electron chi connectivity index (χ1n) is 9.36. The Morgan fingerprint density at radius 1 is 1.14 bits per heavy atom. The Labute approximate surface area is 166 Å². The third-order valence-corrected chi connectivity index (χ3v) is 6.58. The lowest BCUT2D eigenvalue weighted by Gasteiger charge is -2.26. The minimum atomic E-state index is -3.67. The van der Waals surface area contributed by atoms with Crippen LogP contribution in [0.3, 0.4) is 0 Å². The summed E-state index contributed by atoms with van der Waals surface area (Å²) in [6, 6.07) is 11.2. The number of nitrogens with one attached hydrogen (secondary N) is 2. The van der Waals surface area contributed by atoms with Crippen LogP contribution in [0.4, 0.5) is 0 Å². The van der Waals surface area contributed by atoms with E-state index in [1.807, 2.05) is 43.3 Å². The second-order valence-corrected chi connectivity index (χ2v) is 8.87. The van der Waals surface area contributed by atoms with Crippen LogP contribution in [-0.4, -0.2) is 27.5 Å². The molecule has 0 bridgehead atoms. The van der Waals surface area contributed by atoms with Crippen molar-refractivity contribution in [2.24, 2.45) is 0 Å². The van der Waals surface area contributed by atoms with E-state index in [1.165, 1.54) is 0 Å². The van der Waals surface area contributed by atoms with E-state index in [0.717, 1.165) is 16.9 Å². The Morgan fingerprint density at radius 3 is 2.54 bits per heavy atom. The molecule has 2 aromatic carbocycles. The van der Waals surface area contributed by atoms with Crippen molar-refractivity contribution in [3.05, 3.63) is 58.7 Å². The lowest BCUT2D eigenvalue weighted by molar-refractivity contribution is -0.121. The van der Waals surface area contributed by atoms with Gasteiger partial charge in [-0.2, -0.15) is 0 Å². The molecular weight excluding hydrogens is 376 g/mol. The number of para-hydroxylation sites is 1. The fraction of sp³-hybridized carbons (Fsp3) is 0.381. The van der Waals surface area contributed by atoms with Gasteiger partial charge >= 0.3 is 0 Å². The molecule has 1 aliphatic heterocycles. The number of sulfonamides is 1. The predicted molar refractivity (Wildman–Crippen MR) is 108 cm³/mol. The summed E-state index contributed by atoms with van der Waals surface area (Å²) in [5, 5.41) is 2.98. The van der Waals surface area contributed by atoms with Gasteiger partial charge < -0.3 is 10.1 Å². The van der Waals surface area contributed by atoms with E-state index >= 15 is 0 Å². The number of hydrogen-bond acceptors (Lipinski definition) is 4. The molecule has 2 aromatic rings. The van der Waals surface area contributed by atoms with Gasteiger partial charge in [0.05, 0.1) is 17.5 Å². The van der Waals surface area contributed by atoms with Gasteiger partial charge in [-0.15, -0.1) is 0 Å². The van der Waals surface area contributed by atoms with Crippen LogP contribution < -0.4 is 14.8 Å². The number of fused-ring (bicyclic) bond motifs is 1. The number of carbonyl (C=O) groups is 1. The molecule has 2 N–H and O–H groups in total. The Balaban J connectivity index is 1.59. The van der Waals surface area contributed by atoms with Gasteiger partial charge in [0, 0.05) is 24.9 Å². The second kappa shape index (κ2) is 8.32. The summed E-state index contributed by atoms with van der Waals surface area (Å²) in [4.78, 5) is 12.6. The molecule has 0 fully saturated rings. The summed E-state index contributed by atoms with van der Waals surface area (Å²) in [5.41, 5.74) is 3.38. The summed E-state index contributed by atoms with van der Waals surface area (Å²) in [7, 11) is -3.67. The topological polar surface area (TPSA) is 84.5 Å². The first kappa shape index (κ1) is 20.4. The Morgan fingerprint density at radius 2 is 1.82 bits per heavy atom. The lowest BCUT2D eigenvalue weighted by atomic mass is 10.0. The van der Waals surface area contributed by atoms with Crippen LogP contribution in [0.15, 0.2) is 41.3 Å². The van der Waals surface area contributed by atoms with Gasteiger partial charge in [0.2, 0.25) is 15.9 Å². The average molecular weight is 403 g/mol. The van der Waals surface area contributed by atoms with Crippen molar-refractivity contribution in [2.45, 2.75) is 44.6 Å². The van der Waals surface area contributed by atoms with Crippen molar-refractivity contribution >= 4 is 15.9 Å². The summed E-state index contributed by atoms with van der Waals surface area (Å²) < 4.78 is 33.5. The number of amides is 1. The number of benzene rings is 2. The molecule has 0 aromatic heterocycles. The summed E-state index contributed by atoms with van der Waals surface area (Å²) in [6.07, 6.45) is 0.763. The van der Waals surface area contributed by atoms with Crippen LogP contribution in [-0.2, 0) is 14.8 Å². The minimum absolute atomic E-state index is 0.0474. The molecule has 7 heteroatoms. The van der Waals surface area contributed by atoms with Gasteiger partial charge in [0.1, 0.15) is 5.75 Å². The minimum Gasteiger partial charge on any atom is -0.493 e. The Hall–Kier alpha value is -2.38. The molecule has 28 heavy (non-hydrogen) atoms. The van der Waals surface area contributed by atoms with E-state index in [2.05, 4.69) is 10.0 Å². The number of ether oxygens (including phenoxy) is 1. The normalized spacial score (nSPS) is 16.2. The van der Waals surface area contributed by atoms with Crippen molar-refractivity contribution < 1.29 is 17.9 Å². The number of rotatable bonds is 6. The molecule has 1 heterocycles. The number of carbonyl (C=O) groups excluding carboxylic acids is 1. The molecule has 1 atom stereocenters. The van der Waals surface area contributed by atoms with Crippen molar-refractivity contribution in [2.75, 3.05) is 13.2 Å². The Bertz CT molecular complexity index is 963. The lowest BCUT2D eigenvalue weighted by Crippen LogP contribution is -2.35. The quantitative estimate of drug-likeness (QED) is 0.778. The average Bonchev–Trinajstić information content (AvgIpc) is 2.60. The highest BCUT2D eigenvalue weighted by molar-refractivity contribution is 7.89. The molecular formula is C21H26N2O4S. The van der Waals surface area contributed by atoms with Gasteiger partial charge in [-0.1, -0.05) is 35.9 Å². The van der Waals surface area contributed by atoms with E-state index < -0.39 is 10.0 Å². The summed E-state index contributed by atoms with van der Waals surface area (Å²) >= 11 is 0. The molecule has 3 rings (SSSR count). The van der Waals surface area contributed by atoms with Gasteiger partial charge in [0.15, 0.2) is 0 Å². The fourth-order valence-electron chi connectivity index (χ4n) is 3.72. The third kappa shape index (κ3) is 4.54. The van der Waals surface area contributed by atoms with Crippen molar-refractivity contribution in [3.8, 4) is 5.75 Å². The Kier molecular flexibility index (Phi) is 6.05. The fourth-order valence-corrected chi connectivity index (χ4v) is 5.20. The van der Waals surface area contributed by atoms with Gasteiger partial charge in [-0.05, 0) is 38.0 Å². The molecule has 150 valence electrons. The van der Waals surface area contributed by atoms with Crippen LogP contribution in [0.2, 0.25) is 0 Å². The van der Waals surface area contributed by atoms with Crippen LogP contribution in [0.25, 0.3) is 0 Å². The van der Waals surface area contributed by atoms with Crippen LogP contribution in [0.1, 0.15) is 41.1 Å². The number of hydrogen-bond donors (Lipinski definition) is 2. The summed E-state index contributed by atoms with van der Waals surface area (Å²) in [5.74, 6) is 0.590. The zero-order chi connectivity index (χ0) is 20.3. The van der Waals surface area contributed by atoms with E-state index in [4.69, 9.17) is 4.74 Å². The monoisotopic (exact) mass is 402 g/mol. The zero-order valence-electron chi connectivity index (χ0n) is 16.4. The highest BCUT2D eigenvalue weighted by Gasteiger charge is 2.23. The van der Waals surface area contributed by atoms with E-state index in [-0.39, 0.29) is 29.8 Å². The van der Waals surface area contributed by atoms with Crippen molar-refractivity contribution in [3.63, 3.8) is 0 Å². The molecule has 1 aliphatic rings. The maximum absolute atomic E-state index is 12.7. The smallest absolute Gasteiger partial charge is 0.241 e. The van der Waals surface area contributed by atoms with E-state index in [9.17, 15) is 13.2 Å². The van der Waals surface area contributed by atoms with Crippen LogP contribution in [0, 0.1) is 20.8 Å². The zero-order valence-corrected chi connectivity index (χ0v) is 17.2. The van der Waals surface area contributed by atoms with E-state index in [0.29, 0.717) is 24.2 Å². The molecule has 0 spiro atoms. The van der Waals surface area contributed by atoms with Crippen LogP contribution in [0.5, 0.6) is 5.75 Å². The van der Waals surface area contributed by atoms with Crippen molar-refractivity contribution in [1.82, 2.24) is 10.0 Å².